The van der Waals surface area contributed by atoms with Crippen LogP contribution in [0, 0.1) is 0 Å². The van der Waals surface area contributed by atoms with Gasteiger partial charge in [0.05, 0.1) is 5.57 Å². The average molecular weight is 149 g/mol. The van der Waals surface area contributed by atoms with Gasteiger partial charge in [0.2, 0.25) is 0 Å². The second kappa shape index (κ2) is 2.54. The maximum Gasteiger partial charge on any atom is 0.296 e. The molecule has 1 aliphatic heterocycles. The van der Waals surface area contributed by atoms with Crippen LogP contribution < -0.4 is 5.32 Å². The van der Waals surface area contributed by atoms with Crippen LogP contribution in [0.3, 0.4) is 0 Å². The zero-order valence-corrected chi connectivity index (χ0v) is 5.89. The lowest BCUT2D eigenvalue weighted by Crippen LogP contribution is -2.17. The van der Waals surface area contributed by atoms with Crippen molar-refractivity contribution < 1.29 is 9.59 Å². The van der Waals surface area contributed by atoms with Crippen LogP contribution in [0.15, 0.2) is 36.6 Å². The molecule has 1 saturated heterocycles. The average Bonchev–Trinajstić information content (AvgIpc) is 2.17. The summed E-state index contributed by atoms with van der Waals surface area (Å²) in [4.78, 5) is 21.6. The molecule has 0 atom stereocenters. The summed E-state index contributed by atoms with van der Waals surface area (Å²) in [6, 6.07) is 0. The number of allylic oxidation sites excluding steroid dienone is 3. The zero-order chi connectivity index (χ0) is 8.43. The van der Waals surface area contributed by atoms with Crippen molar-refractivity contribution in [3.63, 3.8) is 0 Å². The molecule has 1 aliphatic rings. The van der Waals surface area contributed by atoms with Gasteiger partial charge in [-0.15, -0.1) is 0 Å². The molecule has 0 spiro atoms. The number of amides is 1. The molecule has 3 heteroatoms. The van der Waals surface area contributed by atoms with Gasteiger partial charge in [0, 0.05) is 5.70 Å². The van der Waals surface area contributed by atoms with Crippen LogP contribution in [0.1, 0.15) is 0 Å². The van der Waals surface area contributed by atoms with Crippen molar-refractivity contribution in [2.24, 2.45) is 0 Å². The first-order chi connectivity index (χ1) is 5.16. The van der Waals surface area contributed by atoms with Crippen LogP contribution in [0.25, 0.3) is 0 Å². The molecule has 0 aromatic rings. The quantitative estimate of drug-likeness (QED) is 0.431. The van der Waals surface area contributed by atoms with Gasteiger partial charge in [-0.1, -0.05) is 19.2 Å². The molecule has 56 valence electrons. The van der Waals surface area contributed by atoms with E-state index < -0.39 is 11.7 Å². The topological polar surface area (TPSA) is 46.2 Å². The van der Waals surface area contributed by atoms with Crippen LogP contribution in [0.5, 0.6) is 0 Å². The summed E-state index contributed by atoms with van der Waals surface area (Å²) in [5, 5.41) is 2.30. The SMILES string of the molecule is C=C/C=C1\C(=C)NC(=O)C1=O. The van der Waals surface area contributed by atoms with E-state index in [4.69, 9.17) is 0 Å². The minimum Gasteiger partial charge on any atom is -0.319 e. The summed E-state index contributed by atoms with van der Waals surface area (Å²) >= 11 is 0. The smallest absolute Gasteiger partial charge is 0.296 e. The van der Waals surface area contributed by atoms with Crippen LogP contribution in [0.2, 0.25) is 0 Å². The number of rotatable bonds is 1. The first-order valence-electron chi connectivity index (χ1n) is 3.04. The van der Waals surface area contributed by atoms with Gasteiger partial charge in [0.15, 0.2) is 0 Å². The van der Waals surface area contributed by atoms with Crippen molar-refractivity contribution in [2.45, 2.75) is 0 Å². The number of nitrogens with one attached hydrogen (secondary N) is 1. The molecule has 1 N–H and O–H groups in total. The predicted molar refractivity (Wildman–Crippen MR) is 40.6 cm³/mol. The Morgan fingerprint density at radius 1 is 1.36 bits per heavy atom. The Morgan fingerprint density at radius 3 is 2.36 bits per heavy atom. The van der Waals surface area contributed by atoms with Crippen molar-refractivity contribution in [3.05, 3.63) is 36.6 Å². The van der Waals surface area contributed by atoms with Gasteiger partial charge in [0.25, 0.3) is 11.7 Å². The summed E-state index contributed by atoms with van der Waals surface area (Å²) in [6.07, 6.45) is 2.90. The highest BCUT2D eigenvalue weighted by Gasteiger charge is 2.28. The Bertz CT molecular complexity index is 286. The van der Waals surface area contributed by atoms with Gasteiger partial charge >= 0.3 is 0 Å². The van der Waals surface area contributed by atoms with E-state index in [0.717, 1.165) is 0 Å². The fourth-order valence-corrected chi connectivity index (χ4v) is 0.815. The van der Waals surface area contributed by atoms with Gasteiger partial charge in [-0.05, 0) is 6.08 Å². The van der Waals surface area contributed by atoms with Crippen molar-refractivity contribution >= 4 is 11.7 Å². The molecule has 0 aromatic carbocycles. The van der Waals surface area contributed by atoms with E-state index >= 15 is 0 Å². The van der Waals surface area contributed by atoms with Crippen LogP contribution in [-0.2, 0) is 9.59 Å². The van der Waals surface area contributed by atoms with Crippen LogP contribution in [-0.4, -0.2) is 11.7 Å². The Morgan fingerprint density at radius 2 is 2.00 bits per heavy atom. The molecule has 1 amide bonds. The van der Waals surface area contributed by atoms with Gasteiger partial charge in [-0.2, -0.15) is 0 Å². The number of hydrogen-bond acceptors (Lipinski definition) is 2. The number of ketones is 1. The molecule has 1 fully saturated rings. The lowest BCUT2D eigenvalue weighted by atomic mass is 10.1. The largest absolute Gasteiger partial charge is 0.319 e. The van der Waals surface area contributed by atoms with Crippen molar-refractivity contribution in [1.29, 1.82) is 0 Å². The van der Waals surface area contributed by atoms with E-state index in [9.17, 15) is 9.59 Å². The standard InChI is InChI=1S/C8H7NO2/c1-3-4-6-5(2)9-8(11)7(6)10/h3-4H,1-2H2,(H,9,11)/b6-4+. The maximum absolute atomic E-state index is 10.9. The molecule has 1 rings (SSSR count). The number of carbonyl (C=O) groups is 2. The minimum atomic E-state index is -0.622. The molecule has 11 heavy (non-hydrogen) atoms. The Hall–Kier alpha value is -1.64. The van der Waals surface area contributed by atoms with Gasteiger partial charge in [-0.3, -0.25) is 9.59 Å². The minimum absolute atomic E-state index is 0.296. The highest BCUT2D eigenvalue weighted by molar-refractivity contribution is 6.47. The number of hydrogen-bond donors (Lipinski definition) is 1. The fourth-order valence-electron chi connectivity index (χ4n) is 0.815. The van der Waals surface area contributed by atoms with Crippen molar-refractivity contribution in [1.82, 2.24) is 5.32 Å². The zero-order valence-electron chi connectivity index (χ0n) is 5.89. The van der Waals surface area contributed by atoms with E-state index in [1.807, 2.05) is 0 Å². The monoisotopic (exact) mass is 149 g/mol. The third-order valence-corrected chi connectivity index (χ3v) is 1.32. The third-order valence-electron chi connectivity index (χ3n) is 1.32. The molecule has 0 radical (unpaired) electrons. The van der Waals surface area contributed by atoms with E-state index in [1.54, 1.807) is 0 Å². The Balaban J connectivity index is 3.07. The van der Waals surface area contributed by atoms with Crippen molar-refractivity contribution in [2.75, 3.05) is 0 Å². The second-order valence-corrected chi connectivity index (χ2v) is 2.08. The maximum atomic E-state index is 10.9. The lowest BCUT2D eigenvalue weighted by molar-refractivity contribution is -0.133. The molecular weight excluding hydrogens is 142 g/mol. The molecule has 0 saturated carbocycles. The molecule has 0 bridgehead atoms. The van der Waals surface area contributed by atoms with Gasteiger partial charge in [-0.25, -0.2) is 0 Å². The van der Waals surface area contributed by atoms with E-state index in [2.05, 4.69) is 18.5 Å². The van der Waals surface area contributed by atoms with E-state index in [0.29, 0.717) is 11.3 Å². The fraction of sp³-hybridized carbons (Fsp3) is 0. The van der Waals surface area contributed by atoms with Crippen molar-refractivity contribution in [3.8, 4) is 0 Å². The predicted octanol–water partition coefficient (Wildman–Crippen LogP) is 0.311. The normalized spacial score (nSPS) is 20.7. The Kier molecular flexibility index (Phi) is 1.72. The molecule has 1 heterocycles. The van der Waals surface area contributed by atoms with Crippen LogP contribution >= 0.6 is 0 Å². The molecule has 3 nitrogen and oxygen atoms in total. The highest BCUT2D eigenvalue weighted by atomic mass is 16.2. The summed E-state index contributed by atoms with van der Waals surface area (Å²) in [7, 11) is 0. The van der Waals surface area contributed by atoms with E-state index in [-0.39, 0.29) is 0 Å². The first-order valence-corrected chi connectivity index (χ1v) is 3.04. The molecule has 0 aliphatic carbocycles. The lowest BCUT2D eigenvalue weighted by Gasteiger charge is -1.89. The molecule has 0 aromatic heterocycles. The summed E-state index contributed by atoms with van der Waals surface area (Å²) in [5.74, 6) is -1.17. The third kappa shape index (κ3) is 1.12. The van der Waals surface area contributed by atoms with Crippen LogP contribution in [0.4, 0.5) is 0 Å². The molecular formula is C8H7NO2. The summed E-state index contributed by atoms with van der Waals surface area (Å²) in [6.45, 7) is 6.90. The van der Waals surface area contributed by atoms with Gasteiger partial charge in [0.1, 0.15) is 0 Å². The Labute approximate surface area is 64.1 Å². The number of Topliss-reactive ketones (excluding diaryl/α,β-unsaturated/α-hetero) is 1. The molecule has 0 unspecified atom stereocenters. The number of carbonyl (C=O) groups excluding carboxylic acids is 2. The summed E-state index contributed by atoms with van der Waals surface area (Å²) in [5.41, 5.74) is 0.643. The summed E-state index contributed by atoms with van der Waals surface area (Å²) < 4.78 is 0. The first kappa shape index (κ1) is 7.47. The highest BCUT2D eigenvalue weighted by Crippen LogP contribution is 2.12. The van der Waals surface area contributed by atoms with E-state index in [1.165, 1.54) is 12.2 Å². The van der Waals surface area contributed by atoms with Gasteiger partial charge < -0.3 is 5.32 Å². The second-order valence-electron chi connectivity index (χ2n) is 2.08.